The monoisotopic (exact) mass is 478 g/mol. The number of aromatic nitrogens is 3. The van der Waals surface area contributed by atoms with Gasteiger partial charge in [-0.05, 0) is 60.4 Å². The quantitative estimate of drug-likeness (QED) is 0.503. The molecule has 0 aromatic carbocycles. The summed E-state index contributed by atoms with van der Waals surface area (Å²) in [7, 11) is 0. The van der Waals surface area contributed by atoms with Gasteiger partial charge in [0.05, 0.1) is 11.0 Å². The van der Waals surface area contributed by atoms with E-state index < -0.39 is 22.6 Å². The summed E-state index contributed by atoms with van der Waals surface area (Å²) in [5, 5.41) is 3.32. The fraction of sp³-hybridized carbons (Fsp3) is 0.312. The van der Waals surface area contributed by atoms with Crippen molar-refractivity contribution in [3.05, 3.63) is 43.9 Å². The van der Waals surface area contributed by atoms with E-state index >= 15 is 0 Å². The Bertz CT molecular complexity index is 1020. The molecular weight excluding hydrogens is 466 g/mol. The number of carbonyl (C=O) groups is 1. The summed E-state index contributed by atoms with van der Waals surface area (Å²) < 4.78 is 34.8. The molecule has 0 saturated carbocycles. The number of rotatable bonds is 3. The maximum atomic E-state index is 14.6. The lowest BCUT2D eigenvalue weighted by molar-refractivity contribution is 0.0577. The predicted molar refractivity (Wildman–Crippen MR) is 102 cm³/mol. The molecule has 0 N–H and O–H groups in total. The highest BCUT2D eigenvalue weighted by Crippen LogP contribution is 2.31. The molecule has 0 atom stereocenters. The van der Waals surface area contributed by atoms with Gasteiger partial charge in [0.1, 0.15) is 11.1 Å². The number of hydrogen-bond donors (Lipinski definition) is 0. The Morgan fingerprint density at radius 2 is 2.11 bits per heavy atom. The Hall–Kier alpha value is -1.78. The van der Waals surface area contributed by atoms with Gasteiger partial charge in [-0.25, -0.2) is 13.7 Å². The van der Waals surface area contributed by atoms with Gasteiger partial charge in [-0.15, -0.1) is 16.4 Å². The summed E-state index contributed by atoms with van der Waals surface area (Å²) >= 11 is 9.90. The number of thiophene rings is 1. The molecule has 27 heavy (non-hydrogen) atoms. The van der Waals surface area contributed by atoms with Crippen LogP contribution in [0.1, 0.15) is 25.6 Å². The van der Waals surface area contributed by atoms with Gasteiger partial charge < -0.3 is 4.74 Å². The molecule has 0 unspecified atom stereocenters. The molecule has 0 saturated heterocycles. The van der Waals surface area contributed by atoms with Crippen LogP contribution >= 0.6 is 38.9 Å². The summed E-state index contributed by atoms with van der Waals surface area (Å²) in [6.45, 7) is 5.02. The fourth-order valence-corrected chi connectivity index (χ4v) is 3.56. The number of amides is 1. The molecule has 3 aromatic heterocycles. The molecule has 1 amide bonds. The maximum absolute atomic E-state index is 14.6. The number of anilines is 1. The molecule has 0 radical (unpaired) electrons. The second-order valence-electron chi connectivity index (χ2n) is 6.56. The minimum atomic E-state index is -0.801. The molecule has 0 aliphatic heterocycles. The Kier molecular flexibility index (Phi) is 5.42. The molecule has 0 spiro atoms. The highest BCUT2D eigenvalue weighted by molar-refractivity contribution is 9.10. The minimum absolute atomic E-state index is 0.0610. The molecule has 0 fully saturated rings. The number of hydrogen-bond acceptors (Lipinski definition) is 5. The molecule has 6 nitrogen and oxygen atoms in total. The number of ether oxygens (including phenoxy) is 1. The van der Waals surface area contributed by atoms with E-state index in [0.717, 1.165) is 16.2 Å². The van der Waals surface area contributed by atoms with Crippen LogP contribution in [0.4, 0.5) is 19.4 Å². The normalized spacial score (nSPS) is 11.8. The molecule has 11 heteroatoms. The largest absolute Gasteiger partial charge is 0.443 e. The summed E-state index contributed by atoms with van der Waals surface area (Å²) in [6.07, 6.45) is 0.587. The van der Waals surface area contributed by atoms with Crippen LogP contribution in [0, 0.1) is 10.9 Å². The molecule has 3 aromatic rings. The van der Waals surface area contributed by atoms with Gasteiger partial charge in [0.25, 0.3) is 0 Å². The summed E-state index contributed by atoms with van der Waals surface area (Å²) in [6, 6.07) is 2.81. The average Bonchev–Trinajstić information content (AvgIpc) is 3.06. The summed E-state index contributed by atoms with van der Waals surface area (Å²) in [4.78, 5) is 18.5. The maximum Gasteiger partial charge on any atom is 0.416 e. The van der Waals surface area contributed by atoms with Crippen LogP contribution < -0.4 is 4.90 Å². The van der Waals surface area contributed by atoms with Crippen LogP contribution in [-0.2, 0) is 11.3 Å². The first-order chi connectivity index (χ1) is 12.5. The smallest absolute Gasteiger partial charge is 0.416 e. The molecule has 0 aliphatic rings. The van der Waals surface area contributed by atoms with Crippen molar-refractivity contribution in [3.8, 4) is 0 Å². The summed E-state index contributed by atoms with van der Waals surface area (Å²) in [5.74, 6) is -0.742. The Labute approximate surface area is 170 Å². The third-order valence-corrected chi connectivity index (χ3v) is 4.87. The Morgan fingerprint density at radius 1 is 1.41 bits per heavy atom. The zero-order valence-electron chi connectivity index (χ0n) is 14.5. The molecular formula is C16H14BrClF2N4O2S. The van der Waals surface area contributed by atoms with Gasteiger partial charge in [-0.2, -0.15) is 9.37 Å². The van der Waals surface area contributed by atoms with Crippen molar-refractivity contribution in [2.24, 2.45) is 0 Å². The van der Waals surface area contributed by atoms with Gasteiger partial charge in [0, 0.05) is 11.1 Å². The van der Waals surface area contributed by atoms with Crippen molar-refractivity contribution in [2.75, 3.05) is 4.90 Å². The van der Waals surface area contributed by atoms with Crippen molar-refractivity contribution in [1.82, 2.24) is 14.6 Å². The van der Waals surface area contributed by atoms with Crippen LogP contribution in [0.5, 0.6) is 0 Å². The number of fused-ring (bicyclic) bond motifs is 1. The molecule has 0 bridgehead atoms. The van der Waals surface area contributed by atoms with E-state index in [1.807, 2.05) is 0 Å². The zero-order valence-corrected chi connectivity index (χ0v) is 17.6. The summed E-state index contributed by atoms with van der Waals surface area (Å²) in [5.41, 5.74) is -0.862. The van der Waals surface area contributed by atoms with Crippen molar-refractivity contribution < 1.29 is 18.3 Å². The van der Waals surface area contributed by atoms with Crippen LogP contribution in [0.3, 0.4) is 0 Å². The van der Waals surface area contributed by atoms with Gasteiger partial charge in [-0.3, -0.25) is 4.90 Å². The lowest BCUT2D eigenvalue weighted by Gasteiger charge is -2.26. The van der Waals surface area contributed by atoms with Crippen LogP contribution in [0.15, 0.2) is 22.8 Å². The van der Waals surface area contributed by atoms with Gasteiger partial charge in [-0.1, -0.05) is 0 Å². The van der Waals surface area contributed by atoms with Crippen LogP contribution in [0.2, 0.25) is 5.28 Å². The second kappa shape index (κ2) is 7.33. The second-order valence-corrected chi connectivity index (χ2v) is 8.87. The minimum Gasteiger partial charge on any atom is -0.443 e. The number of carbonyl (C=O) groups excluding carboxylic acids is 1. The SMILES string of the molecule is CC(C)(C)OC(=O)N(Cc1ccc(F)s1)c1nc(Cl)nn2cc(Br)c(F)c12. The highest BCUT2D eigenvalue weighted by Gasteiger charge is 2.29. The lowest BCUT2D eigenvalue weighted by Crippen LogP contribution is -2.37. The van der Waals surface area contributed by atoms with E-state index in [4.69, 9.17) is 16.3 Å². The standard InChI is InChI=1S/C16H14BrClF2N4O2S/c1-16(2,3)26-15(25)23(6-8-4-5-10(19)27-8)13-12-11(20)9(17)7-24(12)22-14(18)21-13/h4-5,7H,6H2,1-3H3. The highest BCUT2D eigenvalue weighted by atomic mass is 79.9. The topological polar surface area (TPSA) is 59.7 Å². The van der Waals surface area contributed by atoms with Gasteiger partial charge in [0.15, 0.2) is 16.8 Å². The molecule has 0 aliphatic carbocycles. The van der Waals surface area contributed by atoms with E-state index in [0.29, 0.717) is 4.88 Å². The van der Waals surface area contributed by atoms with Crippen LogP contribution in [-0.4, -0.2) is 26.3 Å². The third kappa shape index (κ3) is 4.39. The van der Waals surface area contributed by atoms with E-state index in [1.54, 1.807) is 20.8 Å². The lowest BCUT2D eigenvalue weighted by atomic mass is 10.2. The molecule has 3 rings (SSSR count). The van der Waals surface area contributed by atoms with Gasteiger partial charge in [0.2, 0.25) is 5.28 Å². The first kappa shape index (κ1) is 20.0. The van der Waals surface area contributed by atoms with Crippen LogP contribution in [0.25, 0.3) is 5.52 Å². The third-order valence-electron chi connectivity index (χ3n) is 3.29. The Morgan fingerprint density at radius 3 is 2.70 bits per heavy atom. The van der Waals surface area contributed by atoms with Gasteiger partial charge >= 0.3 is 6.09 Å². The first-order valence-corrected chi connectivity index (χ1v) is 9.68. The zero-order chi connectivity index (χ0) is 19.9. The van der Waals surface area contributed by atoms with Crippen molar-refractivity contribution in [2.45, 2.75) is 32.9 Å². The van der Waals surface area contributed by atoms with Crippen molar-refractivity contribution in [3.63, 3.8) is 0 Å². The average molecular weight is 480 g/mol. The van der Waals surface area contributed by atoms with Crippen molar-refractivity contribution in [1.29, 1.82) is 0 Å². The predicted octanol–water partition coefficient (Wildman–Crippen LogP) is 5.43. The fourth-order valence-electron chi connectivity index (χ4n) is 2.30. The van der Waals surface area contributed by atoms with E-state index in [9.17, 15) is 13.6 Å². The van der Waals surface area contributed by atoms with Crippen molar-refractivity contribution >= 4 is 56.3 Å². The van der Waals surface area contributed by atoms with E-state index in [1.165, 1.54) is 22.8 Å². The van der Waals surface area contributed by atoms with E-state index in [2.05, 4.69) is 26.0 Å². The Balaban J connectivity index is 2.15. The molecule has 3 heterocycles. The van der Waals surface area contributed by atoms with E-state index in [-0.39, 0.29) is 27.6 Å². The number of nitrogens with zero attached hydrogens (tertiary/aromatic N) is 4. The first-order valence-electron chi connectivity index (χ1n) is 7.70. The molecule has 144 valence electrons. The number of halogens is 4.